The third-order valence-corrected chi connectivity index (χ3v) is 4.68. The van der Waals surface area contributed by atoms with Gasteiger partial charge in [0.25, 0.3) is 0 Å². The molecule has 1 aromatic carbocycles. The number of hydrogen-bond acceptors (Lipinski definition) is 5. The van der Waals surface area contributed by atoms with E-state index in [9.17, 15) is 9.18 Å². The van der Waals surface area contributed by atoms with E-state index in [0.717, 1.165) is 12.8 Å². The summed E-state index contributed by atoms with van der Waals surface area (Å²) >= 11 is 0. The second-order valence-electron chi connectivity index (χ2n) is 6.07. The molecule has 7 heteroatoms. The van der Waals surface area contributed by atoms with Crippen LogP contribution in [0.4, 0.5) is 10.2 Å². The number of ether oxygens (including phenoxy) is 1. The summed E-state index contributed by atoms with van der Waals surface area (Å²) < 4.78 is 20.0. The van der Waals surface area contributed by atoms with Crippen molar-refractivity contribution in [1.82, 2.24) is 15.3 Å². The molecule has 1 spiro atoms. The Labute approximate surface area is 132 Å². The van der Waals surface area contributed by atoms with Crippen LogP contribution in [0, 0.1) is 5.82 Å². The minimum absolute atomic E-state index is 0.0677. The van der Waals surface area contributed by atoms with Crippen molar-refractivity contribution in [3.05, 3.63) is 30.3 Å². The van der Waals surface area contributed by atoms with Crippen molar-refractivity contribution >= 4 is 22.6 Å². The fourth-order valence-electron chi connectivity index (χ4n) is 3.32. The summed E-state index contributed by atoms with van der Waals surface area (Å²) in [5, 5.41) is 3.33. The van der Waals surface area contributed by atoms with Crippen molar-refractivity contribution in [2.24, 2.45) is 0 Å². The zero-order chi connectivity index (χ0) is 15.9. The fourth-order valence-corrected chi connectivity index (χ4v) is 3.32. The number of hydrogen-bond donors (Lipinski definition) is 1. The van der Waals surface area contributed by atoms with Crippen LogP contribution in [0.3, 0.4) is 0 Å². The van der Waals surface area contributed by atoms with Gasteiger partial charge in [-0.2, -0.15) is 0 Å². The molecule has 2 aliphatic heterocycles. The molecule has 0 saturated carbocycles. The van der Waals surface area contributed by atoms with Gasteiger partial charge in [-0.1, -0.05) is 6.07 Å². The largest absolute Gasteiger partial charge is 0.363 e. The molecule has 0 atom stereocenters. The highest BCUT2D eigenvalue weighted by Gasteiger charge is 2.39. The van der Waals surface area contributed by atoms with Crippen molar-refractivity contribution in [2.75, 3.05) is 31.1 Å². The topological polar surface area (TPSA) is 67.3 Å². The molecule has 0 aliphatic carbocycles. The lowest BCUT2D eigenvalue weighted by Gasteiger charge is -2.44. The standard InChI is InChI=1S/C16H17FN4O2/c17-11-2-1-3-12-14(11)15(20-10-19-12)21-6-4-16(5-7-21)9-18-13(22)8-23-16/h1-3,10H,4-9H2,(H,18,22). The van der Waals surface area contributed by atoms with Crippen LogP contribution in [0.5, 0.6) is 0 Å². The number of carbonyl (C=O) groups excluding carboxylic acids is 1. The van der Waals surface area contributed by atoms with E-state index in [1.807, 2.05) is 0 Å². The van der Waals surface area contributed by atoms with Gasteiger partial charge in [0.1, 0.15) is 24.6 Å². The first kappa shape index (κ1) is 14.3. The maximum absolute atomic E-state index is 14.2. The number of fused-ring (bicyclic) bond motifs is 1. The number of halogens is 1. The van der Waals surface area contributed by atoms with E-state index >= 15 is 0 Å². The Balaban J connectivity index is 1.58. The summed E-state index contributed by atoms with van der Waals surface area (Å²) in [6.45, 7) is 2.07. The van der Waals surface area contributed by atoms with E-state index in [1.54, 1.807) is 12.1 Å². The molecule has 120 valence electrons. The number of benzene rings is 1. The summed E-state index contributed by atoms with van der Waals surface area (Å²) in [5.41, 5.74) is 0.308. The Morgan fingerprint density at radius 1 is 1.26 bits per heavy atom. The molecule has 23 heavy (non-hydrogen) atoms. The van der Waals surface area contributed by atoms with Gasteiger partial charge in [-0.3, -0.25) is 4.79 Å². The molecule has 2 fully saturated rings. The number of aromatic nitrogens is 2. The molecule has 0 unspecified atom stereocenters. The smallest absolute Gasteiger partial charge is 0.246 e. The minimum Gasteiger partial charge on any atom is -0.363 e. The van der Waals surface area contributed by atoms with Gasteiger partial charge in [0.2, 0.25) is 5.91 Å². The predicted octanol–water partition coefficient (Wildman–Crippen LogP) is 1.25. The molecule has 0 radical (unpaired) electrons. The number of piperidine rings is 1. The van der Waals surface area contributed by atoms with Gasteiger partial charge in [-0.15, -0.1) is 0 Å². The lowest BCUT2D eigenvalue weighted by Crippen LogP contribution is -2.57. The molecule has 4 rings (SSSR count). The Morgan fingerprint density at radius 2 is 2.09 bits per heavy atom. The lowest BCUT2D eigenvalue weighted by atomic mass is 9.90. The summed E-state index contributed by atoms with van der Waals surface area (Å²) in [6, 6.07) is 4.87. The first-order valence-corrected chi connectivity index (χ1v) is 7.72. The van der Waals surface area contributed by atoms with Crippen LogP contribution in [-0.4, -0.2) is 47.7 Å². The molecule has 0 bridgehead atoms. The molecule has 1 N–H and O–H groups in total. The minimum atomic E-state index is -0.306. The molecule has 1 amide bonds. The highest BCUT2D eigenvalue weighted by atomic mass is 19.1. The first-order valence-electron chi connectivity index (χ1n) is 7.72. The molecular formula is C16H17FN4O2. The summed E-state index contributed by atoms with van der Waals surface area (Å²) in [7, 11) is 0. The maximum Gasteiger partial charge on any atom is 0.246 e. The molecule has 2 saturated heterocycles. The van der Waals surface area contributed by atoms with Gasteiger partial charge in [-0.25, -0.2) is 14.4 Å². The second-order valence-corrected chi connectivity index (χ2v) is 6.07. The van der Waals surface area contributed by atoms with Crippen molar-refractivity contribution < 1.29 is 13.9 Å². The Hall–Kier alpha value is -2.28. The zero-order valence-electron chi connectivity index (χ0n) is 12.6. The van der Waals surface area contributed by atoms with E-state index in [0.29, 0.717) is 36.4 Å². The monoisotopic (exact) mass is 316 g/mol. The summed E-state index contributed by atoms with van der Waals surface area (Å²) in [4.78, 5) is 21.8. The SMILES string of the molecule is O=C1COC2(CCN(c3ncnc4cccc(F)c34)CC2)CN1. The third-order valence-electron chi connectivity index (χ3n) is 4.68. The number of anilines is 1. The average molecular weight is 316 g/mol. The van der Waals surface area contributed by atoms with Gasteiger partial charge in [-0.05, 0) is 25.0 Å². The van der Waals surface area contributed by atoms with Crippen LogP contribution in [0.25, 0.3) is 10.9 Å². The van der Waals surface area contributed by atoms with Crippen molar-refractivity contribution in [3.63, 3.8) is 0 Å². The van der Waals surface area contributed by atoms with Gasteiger partial charge < -0.3 is 15.0 Å². The average Bonchev–Trinajstić information content (AvgIpc) is 2.58. The number of amides is 1. The van der Waals surface area contributed by atoms with Crippen molar-refractivity contribution in [3.8, 4) is 0 Å². The summed E-state index contributed by atoms with van der Waals surface area (Å²) in [6.07, 6.45) is 3.01. The van der Waals surface area contributed by atoms with E-state index < -0.39 is 0 Å². The Morgan fingerprint density at radius 3 is 2.83 bits per heavy atom. The normalized spacial score (nSPS) is 20.7. The number of rotatable bonds is 1. The van der Waals surface area contributed by atoms with Crippen LogP contribution in [0.2, 0.25) is 0 Å². The Bertz CT molecular complexity index is 742. The number of nitrogens with zero attached hydrogens (tertiary/aromatic N) is 3. The van der Waals surface area contributed by atoms with Crippen LogP contribution >= 0.6 is 0 Å². The van der Waals surface area contributed by atoms with Gasteiger partial charge >= 0.3 is 0 Å². The first-order chi connectivity index (χ1) is 11.2. The third kappa shape index (κ3) is 2.50. The molecule has 1 aromatic heterocycles. The predicted molar refractivity (Wildman–Crippen MR) is 82.6 cm³/mol. The van der Waals surface area contributed by atoms with Crippen LogP contribution in [0.15, 0.2) is 24.5 Å². The summed E-state index contributed by atoms with van der Waals surface area (Å²) in [5.74, 6) is 0.254. The van der Waals surface area contributed by atoms with E-state index in [2.05, 4.69) is 20.2 Å². The number of carbonyl (C=O) groups is 1. The fraction of sp³-hybridized carbons (Fsp3) is 0.438. The van der Waals surface area contributed by atoms with Gasteiger partial charge in [0.05, 0.1) is 16.5 Å². The Kier molecular flexibility index (Phi) is 3.37. The molecule has 3 heterocycles. The second kappa shape index (κ2) is 5.42. The van der Waals surface area contributed by atoms with E-state index in [4.69, 9.17) is 4.74 Å². The van der Waals surface area contributed by atoms with Gasteiger partial charge in [0, 0.05) is 19.6 Å². The van der Waals surface area contributed by atoms with E-state index in [-0.39, 0.29) is 23.9 Å². The molecule has 2 aliphatic rings. The van der Waals surface area contributed by atoms with Crippen molar-refractivity contribution in [1.29, 1.82) is 0 Å². The van der Waals surface area contributed by atoms with Crippen LogP contribution < -0.4 is 10.2 Å². The quantitative estimate of drug-likeness (QED) is 0.858. The lowest BCUT2D eigenvalue weighted by molar-refractivity contribution is -0.146. The number of nitrogens with one attached hydrogen (secondary N) is 1. The van der Waals surface area contributed by atoms with Crippen molar-refractivity contribution in [2.45, 2.75) is 18.4 Å². The molecular weight excluding hydrogens is 299 g/mol. The van der Waals surface area contributed by atoms with E-state index in [1.165, 1.54) is 12.4 Å². The highest BCUT2D eigenvalue weighted by Crippen LogP contribution is 2.32. The molecule has 2 aromatic rings. The maximum atomic E-state index is 14.2. The number of morpholine rings is 1. The van der Waals surface area contributed by atoms with Gasteiger partial charge in [0.15, 0.2) is 0 Å². The van der Waals surface area contributed by atoms with Crippen LogP contribution in [-0.2, 0) is 9.53 Å². The zero-order valence-corrected chi connectivity index (χ0v) is 12.6. The highest BCUT2D eigenvalue weighted by molar-refractivity contribution is 5.89. The molecule has 6 nitrogen and oxygen atoms in total. The van der Waals surface area contributed by atoms with Crippen LogP contribution in [0.1, 0.15) is 12.8 Å².